The lowest BCUT2D eigenvalue weighted by atomic mass is 10.1. The van der Waals surface area contributed by atoms with Crippen LogP contribution in [0.3, 0.4) is 0 Å². The molecule has 22 heavy (non-hydrogen) atoms. The van der Waals surface area contributed by atoms with E-state index in [1.165, 1.54) is 11.3 Å². The van der Waals surface area contributed by atoms with Gasteiger partial charge in [-0.15, -0.1) is 0 Å². The minimum absolute atomic E-state index is 0.0845. The molecular formula is C15H24N4O2S. The zero-order valence-electron chi connectivity index (χ0n) is 13.4. The predicted octanol–water partition coefficient (Wildman–Crippen LogP) is 2.75. The van der Waals surface area contributed by atoms with E-state index in [2.05, 4.69) is 22.5 Å². The molecule has 122 valence electrons. The van der Waals surface area contributed by atoms with Crippen LogP contribution in [-0.4, -0.2) is 34.4 Å². The third-order valence-electron chi connectivity index (χ3n) is 3.47. The van der Waals surface area contributed by atoms with Crippen LogP contribution in [0.15, 0.2) is 0 Å². The Morgan fingerprint density at radius 1 is 1.41 bits per heavy atom. The second-order valence-corrected chi connectivity index (χ2v) is 6.89. The fourth-order valence-corrected chi connectivity index (χ4v) is 3.36. The van der Waals surface area contributed by atoms with Gasteiger partial charge in [0.1, 0.15) is 0 Å². The summed E-state index contributed by atoms with van der Waals surface area (Å²) in [5.41, 5.74) is 1.00. The molecule has 0 unspecified atom stereocenters. The summed E-state index contributed by atoms with van der Waals surface area (Å²) in [6.45, 7) is 7.24. The van der Waals surface area contributed by atoms with E-state index in [9.17, 15) is 9.59 Å². The molecule has 7 heteroatoms. The number of hydrogen-bond donors (Lipinski definition) is 2. The number of anilines is 1. The summed E-state index contributed by atoms with van der Waals surface area (Å²) in [6.07, 6.45) is 3.35. The first-order chi connectivity index (χ1) is 10.5. The van der Waals surface area contributed by atoms with Gasteiger partial charge in [0.25, 0.3) is 0 Å². The van der Waals surface area contributed by atoms with E-state index in [0.717, 1.165) is 36.4 Å². The second kappa shape index (κ2) is 7.58. The summed E-state index contributed by atoms with van der Waals surface area (Å²) in [6, 6.07) is -0.154. The third kappa shape index (κ3) is 4.43. The number of carbonyl (C=O) groups excluding carboxylic acids is 2. The molecule has 2 rings (SSSR count). The summed E-state index contributed by atoms with van der Waals surface area (Å²) in [4.78, 5) is 31.2. The smallest absolute Gasteiger partial charge is 0.321 e. The number of fused-ring (bicyclic) bond motifs is 1. The number of carbonyl (C=O) groups is 2. The van der Waals surface area contributed by atoms with Gasteiger partial charge in [0, 0.05) is 30.3 Å². The Morgan fingerprint density at radius 3 is 2.86 bits per heavy atom. The first-order valence-corrected chi connectivity index (χ1v) is 8.65. The van der Waals surface area contributed by atoms with Crippen molar-refractivity contribution in [1.29, 1.82) is 0 Å². The first kappa shape index (κ1) is 16.7. The van der Waals surface area contributed by atoms with Crippen LogP contribution in [0.4, 0.5) is 9.93 Å². The highest BCUT2D eigenvalue weighted by atomic mass is 32.1. The van der Waals surface area contributed by atoms with Crippen molar-refractivity contribution < 1.29 is 9.59 Å². The van der Waals surface area contributed by atoms with Crippen LogP contribution < -0.4 is 10.6 Å². The normalized spacial score (nSPS) is 13.9. The Hall–Kier alpha value is -1.63. The maximum absolute atomic E-state index is 12.1. The van der Waals surface area contributed by atoms with Crippen LogP contribution in [0.25, 0.3) is 0 Å². The molecule has 1 aliphatic heterocycles. The van der Waals surface area contributed by atoms with Crippen LogP contribution in [0, 0.1) is 0 Å². The van der Waals surface area contributed by atoms with E-state index < -0.39 is 0 Å². The number of rotatable bonds is 5. The third-order valence-corrected chi connectivity index (χ3v) is 4.47. The number of unbranched alkanes of at least 4 members (excludes halogenated alkanes) is 1. The topological polar surface area (TPSA) is 74.3 Å². The summed E-state index contributed by atoms with van der Waals surface area (Å²) in [5.74, 6) is 0.216. The Balaban J connectivity index is 1.95. The van der Waals surface area contributed by atoms with Gasteiger partial charge in [-0.2, -0.15) is 0 Å². The van der Waals surface area contributed by atoms with Crippen LogP contribution >= 0.6 is 11.3 Å². The number of hydrogen-bond acceptors (Lipinski definition) is 4. The molecule has 0 aromatic carbocycles. The van der Waals surface area contributed by atoms with Crippen LogP contribution in [0.1, 0.15) is 50.6 Å². The van der Waals surface area contributed by atoms with Gasteiger partial charge in [-0.25, -0.2) is 9.78 Å². The lowest BCUT2D eigenvalue weighted by molar-refractivity contribution is -0.132. The molecular weight excluding hydrogens is 300 g/mol. The molecule has 0 bridgehead atoms. The SMILES string of the molecule is CCCCC(=O)N1CCc2nc(NC(=O)NC(C)C)sc2C1. The standard InChI is InChI=1S/C15H24N4O2S/c1-4-5-6-13(20)19-8-7-11-12(9-19)22-15(17-11)18-14(21)16-10(2)3/h10H,4-9H2,1-3H3,(H2,16,17,18,21). The predicted molar refractivity (Wildman–Crippen MR) is 88.1 cm³/mol. The minimum atomic E-state index is -0.239. The van der Waals surface area contributed by atoms with E-state index in [1.807, 2.05) is 18.7 Å². The number of aromatic nitrogens is 1. The van der Waals surface area contributed by atoms with Gasteiger partial charge in [0.05, 0.1) is 12.2 Å². The summed E-state index contributed by atoms with van der Waals surface area (Å²) < 4.78 is 0. The highest BCUT2D eigenvalue weighted by Gasteiger charge is 2.24. The number of nitrogens with zero attached hydrogens (tertiary/aromatic N) is 2. The Labute approximate surface area is 135 Å². The number of thiazole rings is 1. The van der Waals surface area contributed by atoms with E-state index in [1.54, 1.807) is 0 Å². The van der Waals surface area contributed by atoms with Gasteiger partial charge in [0.15, 0.2) is 5.13 Å². The molecule has 2 heterocycles. The molecule has 0 aliphatic carbocycles. The van der Waals surface area contributed by atoms with Gasteiger partial charge in [-0.05, 0) is 20.3 Å². The summed E-state index contributed by atoms with van der Waals surface area (Å²) >= 11 is 1.46. The second-order valence-electron chi connectivity index (χ2n) is 5.81. The maximum atomic E-state index is 12.1. The molecule has 0 saturated heterocycles. The first-order valence-electron chi connectivity index (χ1n) is 7.83. The average molecular weight is 324 g/mol. The quantitative estimate of drug-likeness (QED) is 0.874. The zero-order valence-corrected chi connectivity index (χ0v) is 14.3. The van der Waals surface area contributed by atoms with Crippen molar-refractivity contribution >= 4 is 28.4 Å². The highest BCUT2D eigenvalue weighted by Crippen LogP contribution is 2.28. The molecule has 0 radical (unpaired) electrons. The van der Waals surface area contributed by atoms with Gasteiger partial charge >= 0.3 is 6.03 Å². The number of urea groups is 1. The largest absolute Gasteiger partial charge is 0.337 e. The lowest BCUT2D eigenvalue weighted by Crippen LogP contribution is -2.35. The Bertz CT molecular complexity index is 542. The van der Waals surface area contributed by atoms with Gasteiger partial charge in [-0.3, -0.25) is 10.1 Å². The summed E-state index contributed by atoms with van der Waals surface area (Å²) in [7, 11) is 0. The number of amides is 3. The van der Waals surface area contributed by atoms with Crippen molar-refractivity contribution in [2.75, 3.05) is 11.9 Å². The van der Waals surface area contributed by atoms with E-state index in [-0.39, 0.29) is 18.0 Å². The monoisotopic (exact) mass is 324 g/mol. The van der Waals surface area contributed by atoms with Crippen molar-refractivity contribution in [3.05, 3.63) is 10.6 Å². The molecule has 0 saturated carbocycles. The van der Waals surface area contributed by atoms with Gasteiger partial charge in [-0.1, -0.05) is 24.7 Å². The Kier molecular flexibility index (Phi) is 5.76. The van der Waals surface area contributed by atoms with Crippen LogP contribution in [-0.2, 0) is 17.8 Å². The molecule has 1 aromatic rings. The van der Waals surface area contributed by atoms with E-state index >= 15 is 0 Å². The molecule has 0 spiro atoms. The molecule has 0 atom stereocenters. The van der Waals surface area contributed by atoms with Gasteiger partial charge < -0.3 is 10.2 Å². The molecule has 2 N–H and O–H groups in total. The van der Waals surface area contributed by atoms with Crippen LogP contribution in [0.2, 0.25) is 0 Å². The number of nitrogens with one attached hydrogen (secondary N) is 2. The molecule has 6 nitrogen and oxygen atoms in total. The molecule has 1 aromatic heterocycles. The van der Waals surface area contributed by atoms with Crippen molar-refractivity contribution in [1.82, 2.24) is 15.2 Å². The molecule has 1 aliphatic rings. The fraction of sp³-hybridized carbons (Fsp3) is 0.667. The van der Waals surface area contributed by atoms with Crippen molar-refractivity contribution in [2.45, 2.75) is 59.0 Å². The molecule has 0 fully saturated rings. The van der Waals surface area contributed by atoms with Crippen molar-refractivity contribution in [3.8, 4) is 0 Å². The fourth-order valence-electron chi connectivity index (χ4n) is 2.34. The van der Waals surface area contributed by atoms with Gasteiger partial charge in [0.2, 0.25) is 5.91 Å². The van der Waals surface area contributed by atoms with E-state index in [4.69, 9.17) is 0 Å². The van der Waals surface area contributed by atoms with E-state index in [0.29, 0.717) is 18.1 Å². The lowest BCUT2D eigenvalue weighted by Gasteiger charge is -2.26. The van der Waals surface area contributed by atoms with Crippen molar-refractivity contribution in [3.63, 3.8) is 0 Å². The van der Waals surface area contributed by atoms with Crippen LogP contribution in [0.5, 0.6) is 0 Å². The molecule has 3 amide bonds. The summed E-state index contributed by atoms with van der Waals surface area (Å²) in [5, 5.41) is 6.14. The highest BCUT2D eigenvalue weighted by molar-refractivity contribution is 7.15. The Morgan fingerprint density at radius 2 is 2.18 bits per heavy atom. The minimum Gasteiger partial charge on any atom is -0.337 e. The zero-order chi connectivity index (χ0) is 16.1. The average Bonchev–Trinajstić information content (AvgIpc) is 2.84. The maximum Gasteiger partial charge on any atom is 0.321 e. The van der Waals surface area contributed by atoms with Crippen molar-refractivity contribution in [2.24, 2.45) is 0 Å².